The van der Waals surface area contributed by atoms with Crippen LogP contribution in [0.4, 0.5) is 0 Å². The second kappa shape index (κ2) is 5.86. The maximum Gasteiger partial charge on any atom is 0.257 e. The second-order valence-electron chi connectivity index (χ2n) is 3.53. The molecule has 0 unspecified atom stereocenters. The molecule has 0 heterocycles. The molecule has 3 N–H and O–H groups in total. The zero-order chi connectivity index (χ0) is 12.1. The van der Waals surface area contributed by atoms with E-state index in [9.17, 15) is 9.90 Å². The Morgan fingerprint density at radius 3 is 2.88 bits per heavy atom. The van der Waals surface area contributed by atoms with Crippen molar-refractivity contribution in [1.82, 2.24) is 4.90 Å². The number of hydrogen-bond donors (Lipinski definition) is 2. The number of aromatic hydroxyl groups is 1. The molecule has 0 spiro atoms. The molecule has 4 nitrogen and oxygen atoms in total. The number of hydrogen-bond acceptors (Lipinski definition) is 3. The first-order chi connectivity index (χ1) is 7.56. The number of halogens is 1. The Morgan fingerprint density at radius 2 is 2.25 bits per heavy atom. The van der Waals surface area contributed by atoms with Crippen molar-refractivity contribution in [1.29, 1.82) is 0 Å². The highest BCUT2D eigenvalue weighted by atomic mass is 79.9. The molecule has 5 heteroatoms. The summed E-state index contributed by atoms with van der Waals surface area (Å²) < 4.78 is 0.765. The Hall–Kier alpha value is -1.07. The van der Waals surface area contributed by atoms with Gasteiger partial charge in [-0.1, -0.05) is 15.9 Å². The first-order valence-electron chi connectivity index (χ1n) is 5.00. The van der Waals surface area contributed by atoms with Gasteiger partial charge in [0, 0.05) is 18.1 Å². The molecule has 0 bridgehead atoms. The van der Waals surface area contributed by atoms with Gasteiger partial charge in [0.05, 0.1) is 5.56 Å². The summed E-state index contributed by atoms with van der Waals surface area (Å²) in [6, 6.07) is 4.79. The summed E-state index contributed by atoms with van der Waals surface area (Å²) in [5.41, 5.74) is 5.67. The maximum absolute atomic E-state index is 11.9. The summed E-state index contributed by atoms with van der Waals surface area (Å²) >= 11 is 3.26. The van der Waals surface area contributed by atoms with Crippen LogP contribution in [0.5, 0.6) is 5.75 Å². The Balaban J connectivity index is 2.83. The van der Waals surface area contributed by atoms with Crippen LogP contribution >= 0.6 is 15.9 Å². The van der Waals surface area contributed by atoms with Gasteiger partial charge in [-0.3, -0.25) is 4.79 Å². The average Bonchev–Trinajstić information content (AvgIpc) is 2.28. The van der Waals surface area contributed by atoms with Gasteiger partial charge in [-0.15, -0.1) is 0 Å². The molecule has 0 aliphatic heterocycles. The molecule has 0 aromatic heterocycles. The largest absolute Gasteiger partial charge is 0.507 e. The van der Waals surface area contributed by atoms with Crippen LogP contribution in [0.25, 0.3) is 0 Å². The number of nitrogens with zero attached hydrogens (tertiary/aromatic N) is 1. The van der Waals surface area contributed by atoms with E-state index in [-0.39, 0.29) is 11.7 Å². The van der Waals surface area contributed by atoms with Crippen molar-refractivity contribution in [3.63, 3.8) is 0 Å². The number of benzene rings is 1. The van der Waals surface area contributed by atoms with E-state index in [1.54, 1.807) is 24.1 Å². The van der Waals surface area contributed by atoms with Crippen molar-refractivity contribution in [2.75, 3.05) is 20.1 Å². The lowest BCUT2D eigenvalue weighted by Gasteiger charge is -2.17. The topological polar surface area (TPSA) is 66.6 Å². The van der Waals surface area contributed by atoms with Crippen molar-refractivity contribution in [2.24, 2.45) is 5.73 Å². The van der Waals surface area contributed by atoms with Gasteiger partial charge >= 0.3 is 0 Å². The van der Waals surface area contributed by atoms with Crippen molar-refractivity contribution >= 4 is 21.8 Å². The Bertz CT molecular complexity index is 382. The molecule has 1 amide bonds. The molecule has 0 saturated carbocycles. The summed E-state index contributed by atoms with van der Waals surface area (Å²) in [7, 11) is 1.69. The predicted octanol–water partition coefficient (Wildman–Crippen LogP) is 1.58. The SMILES string of the molecule is CN(CCCN)C(=O)c1cc(Br)ccc1O. The molecule has 0 radical (unpaired) electrons. The fourth-order valence-electron chi connectivity index (χ4n) is 1.32. The number of phenolic OH excluding ortho intramolecular Hbond substituents is 1. The minimum atomic E-state index is -0.202. The third kappa shape index (κ3) is 3.21. The molecule has 88 valence electrons. The number of phenols is 1. The third-order valence-electron chi connectivity index (χ3n) is 2.23. The Labute approximate surface area is 103 Å². The molecule has 0 atom stereocenters. The summed E-state index contributed by atoms with van der Waals surface area (Å²) in [4.78, 5) is 13.5. The zero-order valence-electron chi connectivity index (χ0n) is 9.11. The van der Waals surface area contributed by atoms with E-state index in [1.165, 1.54) is 6.07 Å². The fraction of sp³-hybridized carbons (Fsp3) is 0.364. The first kappa shape index (κ1) is 13.0. The van der Waals surface area contributed by atoms with Crippen molar-refractivity contribution < 1.29 is 9.90 Å². The van der Waals surface area contributed by atoms with E-state index >= 15 is 0 Å². The summed E-state index contributed by atoms with van der Waals surface area (Å²) in [6.07, 6.45) is 0.747. The average molecular weight is 287 g/mol. The van der Waals surface area contributed by atoms with Crippen LogP contribution in [-0.4, -0.2) is 36.1 Å². The van der Waals surface area contributed by atoms with Gasteiger partial charge in [0.15, 0.2) is 0 Å². The van der Waals surface area contributed by atoms with Crippen LogP contribution in [0.1, 0.15) is 16.8 Å². The van der Waals surface area contributed by atoms with Gasteiger partial charge < -0.3 is 15.7 Å². The van der Waals surface area contributed by atoms with Crippen LogP contribution in [0.15, 0.2) is 22.7 Å². The minimum absolute atomic E-state index is 0.00667. The molecule has 1 aromatic rings. The molecule has 1 rings (SSSR count). The van der Waals surface area contributed by atoms with Crippen molar-refractivity contribution in [3.8, 4) is 5.75 Å². The minimum Gasteiger partial charge on any atom is -0.507 e. The highest BCUT2D eigenvalue weighted by molar-refractivity contribution is 9.10. The van der Waals surface area contributed by atoms with Gasteiger partial charge in [-0.05, 0) is 31.2 Å². The lowest BCUT2D eigenvalue weighted by atomic mass is 10.2. The van der Waals surface area contributed by atoms with Gasteiger partial charge in [-0.25, -0.2) is 0 Å². The molecule has 16 heavy (non-hydrogen) atoms. The van der Waals surface area contributed by atoms with Gasteiger partial charge in [0.25, 0.3) is 5.91 Å². The molecule has 0 aliphatic carbocycles. The van der Waals surface area contributed by atoms with Crippen molar-refractivity contribution in [2.45, 2.75) is 6.42 Å². The van der Waals surface area contributed by atoms with E-state index in [4.69, 9.17) is 5.73 Å². The highest BCUT2D eigenvalue weighted by Gasteiger charge is 2.15. The van der Waals surface area contributed by atoms with E-state index in [1.807, 2.05) is 0 Å². The summed E-state index contributed by atoms with van der Waals surface area (Å²) in [6.45, 7) is 1.13. The standard InChI is InChI=1S/C11H15BrN2O2/c1-14(6-2-5-13)11(16)9-7-8(12)3-4-10(9)15/h3-4,7,15H,2,5-6,13H2,1H3. The maximum atomic E-state index is 11.9. The van der Waals surface area contributed by atoms with E-state index in [0.29, 0.717) is 18.7 Å². The van der Waals surface area contributed by atoms with E-state index in [2.05, 4.69) is 15.9 Å². The van der Waals surface area contributed by atoms with Crippen LogP contribution in [-0.2, 0) is 0 Å². The first-order valence-corrected chi connectivity index (χ1v) is 5.79. The zero-order valence-corrected chi connectivity index (χ0v) is 10.7. The lowest BCUT2D eigenvalue weighted by Crippen LogP contribution is -2.29. The molecular weight excluding hydrogens is 272 g/mol. The van der Waals surface area contributed by atoms with E-state index < -0.39 is 0 Å². The number of amides is 1. The van der Waals surface area contributed by atoms with Crippen LogP contribution in [0.3, 0.4) is 0 Å². The smallest absolute Gasteiger partial charge is 0.257 e. The summed E-state index contributed by atoms with van der Waals surface area (Å²) in [5.74, 6) is -0.208. The van der Waals surface area contributed by atoms with Crippen molar-refractivity contribution in [3.05, 3.63) is 28.2 Å². The number of nitrogens with two attached hydrogens (primary N) is 1. The molecule has 0 fully saturated rings. The summed E-state index contributed by atoms with van der Waals surface area (Å²) in [5, 5.41) is 9.59. The Kier molecular flexibility index (Phi) is 4.76. The van der Waals surface area contributed by atoms with Gasteiger partial charge in [0.2, 0.25) is 0 Å². The van der Waals surface area contributed by atoms with E-state index in [0.717, 1.165) is 10.9 Å². The Morgan fingerprint density at radius 1 is 1.56 bits per heavy atom. The molecule has 0 saturated heterocycles. The van der Waals surface area contributed by atoms with Crippen LogP contribution in [0, 0.1) is 0 Å². The predicted molar refractivity (Wildman–Crippen MR) is 66.4 cm³/mol. The second-order valence-corrected chi connectivity index (χ2v) is 4.45. The van der Waals surface area contributed by atoms with Gasteiger partial charge in [-0.2, -0.15) is 0 Å². The van der Waals surface area contributed by atoms with Crippen LogP contribution < -0.4 is 5.73 Å². The normalized spacial score (nSPS) is 10.2. The third-order valence-corrected chi connectivity index (χ3v) is 2.73. The van der Waals surface area contributed by atoms with Gasteiger partial charge in [0.1, 0.15) is 5.75 Å². The molecule has 0 aliphatic rings. The van der Waals surface area contributed by atoms with Crippen LogP contribution in [0.2, 0.25) is 0 Å². The molecule has 1 aromatic carbocycles. The number of carbonyl (C=O) groups excluding carboxylic acids is 1. The number of rotatable bonds is 4. The fourth-order valence-corrected chi connectivity index (χ4v) is 1.68. The lowest BCUT2D eigenvalue weighted by molar-refractivity contribution is 0.0791. The monoisotopic (exact) mass is 286 g/mol. The highest BCUT2D eigenvalue weighted by Crippen LogP contribution is 2.22. The quantitative estimate of drug-likeness (QED) is 0.883. The molecular formula is C11H15BrN2O2. The number of carbonyl (C=O) groups is 1.